The lowest BCUT2D eigenvalue weighted by Crippen LogP contribution is -2.16. The van der Waals surface area contributed by atoms with Gasteiger partial charge in [-0.15, -0.1) is 11.3 Å². The summed E-state index contributed by atoms with van der Waals surface area (Å²) in [5.74, 6) is 0.906. The topological polar surface area (TPSA) is 76.9 Å². The highest BCUT2D eigenvalue weighted by atomic mass is 32.1. The molecule has 6 nitrogen and oxygen atoms in total. The van der Waals surface area contributed by atoms with E-state index in [0.717, 1.165) is 16.6 Å². The Kier molecular flexibility index (Phi) is 4.99. The van der Waals surface area contributed by atoms with Gasteiger partial charge in [0.15, 0.2) is 11.6 Å². The molecule has 4 aromatic rings. The minimum Gasteiger partial charge on any atom is -0.311 e. The van der Waals surface area contributed by atoms with Crippen LogP contribution in [0, 0.1) is 6.92 Å². The van der Waals surface area contributed by atoms with Crippen molar-refractivity contribution in [3.8, 4) is 5.82 Å². The van der Waals surface area contributed by atoms with Crippen LogP contribution in [0.4, 0.5) is 5.82 Å². The lowest BCUT2D eigenvalue weighted by Gasteiger charge is -2.09. The van der Waals surface area contributed by atoms with E-state index < -0.39 is 0 Å². The first-order chi connectivity index (χ1) is 13.6. The molecule has 3 heterocycles. The summed E-state index contributed by atoms with van der Waals surface area (Å²) < 4.78 is 1.61. The second kappa shape index (κ2) is 7.74. The third-order valence-electron chi connectivity index (χ3n) is 4.27. The van der Waals surface area contributed by atoms with Gasteiger partial charge < -0.3 is 5.32 Å². The summed E-state index contributed by atoms with van der Waals surface area (Å²) in [6.45, 7) is 1.85. The van der Waals surface area contributed by atoms with Gasteiger partial charge in [-0.05, 0) is 36.6 Å². The Hall–Kier alpha value is -3.32. The van der Waals surface area contributed by atoms with E-state index >= 15 is 0 Å². The van der Waals surface area contributed by atoms with E-state index in [9.17, 15) is 9.59 Å². The van der Waals surface area contributed by atoms with E-state index in [1.807, 2.05) is 54.8 Å². The van der Waals surface area contributed by atoms with Gasteiger partial charge in [-0.2, -0.15) is 9.78 Å². The molecular weight excluding hydrogens is 372 g/mol. The summed E-state index contributed by atoms with van der Waals surface area (Å²) in [5, 5.41) is 10.2. The van der Waals surface area contributed by atoms with Gasteiger partial charge in [0.05, 0.1) is 16.1 Å². The maximum atomic E-state index is 12.4. The summed E-state index contributed by atoms with van der Waals surface area (Å²) in [4.78, 5) is 29.8. The van der Waals surface area contributed by atoms with E-state index in [1.54, 1.807) is 16.8 Å². The van der Waals surface area contributed by atoms with Crippen LogP contribution in [0.2, 0.25) is 0 Å². The van der Waals surface area contributed by atoms with Crippen molar-refractivity contribution in [1.82, 2.24) is 14.8 Å². The van der Waals surface area contributed by atoms with Gasteiger partial charge in [0.2, 0.25) is 5.91 Å². The molecule has 140 valence electrons. The van der Waals surface area contributed by atoms with Gasteiger partial charge in [-0.1, -0.05) is 24.3 Å². The van der Waals surface area contributed by atoms with Crippen molar-refractivity contribution >= 4 is 39.7 Å². The number of para-hydroxylation sites is 1. The first-order valence-corrected chi connectivity index (χ1v) is 9.77. The summed E-state index contributed by atoms with van der Waals surface area (Å²) in [6, 6.07) is 17.0. The van der Waals surface area contributed by atoms with Crippen LogP contribution in [0.1, 0.15) is 28.2 Å². The average molecular weight is 390 g/mol. The number of hydrogen-bond donors (Lipinski definition) is 1. The summed E-state index contributed by atoms with van der Waals surface area (Å²) in [5.41, 5.74) is 1.62. The van der Waals surface area contributed by atoms with Crippen molar-refractivity contribution in [1.29, 1.82) is 0 Å². The van der Waals surface area contributed by atoms with Crippen molar-refractivity contribution in [2.75, 3.05) is 5.32 Å². The van der Waals surface area contributed by atoms with Crippen molar-refractivity contribution in [2.24, 2.45) is 0 Å². The van der Waals surface area contributed by atoms with E-state index in [1.165, 1.54) is 11.3 Å². The Balaban J connectivity index is 1.50. The standard InChI is InChI=1S/C21H18N4O2S/c1-14-13-20(23-21(27)11-9-17(26)18-7-4-12-28-18)25(24-14)19-10-8-15-5-2-3-6-16(15)22-19/h2-8,10,12-13H,9,11H2,1H3,(H,23,27). The summed E-state index contributed by atoms with van der Waals surface area (Å²) >= 11 is 1.39. The zero-order valence-corrected chi connectivity index (χ0v) is 16.1. The SMILES string of the molecule is Cc1cc(NC(=O)CCC(=O)c2cccs2)n(-c2ccc3ccccc3n2)n1. The number of amides is 1. The van der Waals surface area contributed by atoms with Crippen LogP contribution in [0.15, 0.2) is 60.0 Å². The number of benzene rings is 1. The Morgan fingerprint density at radius 2 is 1.93 bits per heavy atom. The highest BCUT2D eigenvalue weighted by Crippen LogP contribution is 2.20. The monoisotopic (exact) mass is 390 g/mol. The van der Waals surface area contributed by atoms with Crippen LogP contribution < -0.4 is 5.32 Å². The first kappa shape index (κ1) is 18.1. The van der Waals surface area contributed by atoms with Gasteiger partial charge in [0.25, 0.3) is 0 Å². The van der Waals surface area contributed by atoms with Crippen LogP contribution in [0.25, 0.3) is 16.7 Å². The normalized spacial score (nSPS) is 10.9. The number of rotatable bonds is 6. The van der Waals surface area contributed by atoms with Gasteiger partial charge in [0.1, 0.15) is 5.82 Å². The highest BCUT2D eigenvalue weighted by molar-refractivity contribution is 7.12. The third-order valence-corrected chi connectivity index (χ3v) is 5.19. The summed E-state index contributed by atoms with van der Waals surface area (Å²) in [6.07, 6.45) is 0.291. The zero-order valence-electron chi connectivity index (χ0n) is 15.3. The Morgan fingerprint density at radius 1 is 1.07 bits per heavy atom. The molecule has 0 aliphatic rings. The molecule has 1 amide bonds. The number of aryl methyl sites for hydroxylation is 1. The first-order valence-electron chi connectivity index (χ1n) is 8.89. The number of hydrogen-bond acceptors (Lipinski definition) is 5. The molecule has 0 aliphatic carbocycles. The smallest absolute Gasteiger partial charge is 0.225 e. The second-order valence-corrected chi connectivity index (χ2v) is 7.34. The number of pyridine rings is 1. The van der Waals surface area contributed by atoms with Crippen molar-refractivity contribution in [3.05, 3.63) is 70.5 Å². The summed E-state index contributed by atoms with van der Waals surface area (Å²) in [7, 11) is 0. The molecular formula is C21H18N4O2S. The van der Waals surface area contributed by atoms with Crippen LogP contribution in [-0.2, 0) is 4.79 Å². The number of nitrogens with one attached hydrogen (secondary N) is 1. The minimum absolute atomic E-state index is 0.0222. The van der Waals surface area contributed by atoms with Gasteiger partial charge in [-0.3, -0.25) is 9.59 Å². The molecule has 0 saturated carbocycles. The molecule has 28 heavy (non-hydrogen) atoms. The fraction of sp³-hybridized carbons (Fsp3) is 0.143. The number of fused-ring (bicyclic) bond motifs is 1. The molecule has 1 N–H and O–H groups in total. The fourth-order valence-corrected chi connectivity index (χ4v) is 3.62. The number of anilines is 1. The third kappa shape index (κ3) is 3.84. The van der Waals surface area contributed by atoms with E-state index in [4.69, 9.17) is 0 Å². The molecule has 0 aliphatic heterocycles. The lowest BCUT2D eigenvalue weighted by atomic mass is 10.2. The molecule has 7 heteroatoms. The Morgan fingerprint density at radius 3 is 2.75 bits per heavy atom. The minimum atomic E-state index is -0.230. The number of nitrogens with zero attached hydrogens (tertiary/aromatic N) is 3. The quantitative estimate of drug-likeness (QED) is 0.495. The van der Waals surface area contributed by atoms with Crippen LogP contribution in [0.5, 0.6) is 0 Å². The van der Waals surface area contributed by atoms with Crippen molar-refractivity contribution in [2.45, 2.75) is 19.8 Å². The number of Topliss-reactive ketones (excluding diaryl/α,β-unsaturated/α-hetero) is 1. The number of ketones is 1. The molecule has 0 atom stereocenters. The van der Waals surface area contributed by atoms with Crippen molar-refractivity contribution < 1.29 is 9.59 Å². The Labute approximate surface area is 165 Å². The van der Waals surface area contributed by atoms with E-state index in [-0.39, 0.29) is 24.5 Å². The van der Waals surface area contributed by atoms with Gasteiger partial charge >= 0.3 is 0 Å². The fourth-order valence-electron chi connectivity index (χ4n) is 2.93. The largest absolute Gasteiger partial charge is 0.311 e. The van der Waals surface area contributed by atoms with Gasteiger partial charge in [0, 0.05) is 24.3 Å². The molecule has 0 radical (unpaired) electrons. The molecule has 0 unspecified atom stereocenters. The van der Waals surface area contributed by atoms with Crippen molar-refractivity contribution in [3.63, 3.8) is 0 Å². The molecule has 3 aromatic heterocycles. The van der Waals surface area contributed by atoms with E-state index in [2.05, 4.69) is 15.4 Å². The molecule has 0 saturated heterocycles. The van der Waals surface area contributed by atoms with E-state index in [0.29, 0.717) is 16.5 Å². The maximum Gasteiger partial charge on any atom is 0.225 e. The zero-order chi connectivity index (χ0) is 19.5. The number of carbonyl (C=O) groups excluding carboxylic acids is 2. The number of aromatic nitrogens is 3. The van der Waals surface area contributed by atoms with Crippen LogP contribution >= 0.6 is 11.3 Å². The second-order valence-electron chi connectivity index (χ2n) is 6.39. The number of carbonyl (C=O) groups is 2. The van der Waals surface area contributed by atoms with Crippen LogP contribution in [-0.4, -0.2) is 26.5 Å². The molecule has 0 bridgehead atoms. The molecule has 4 rings (SSSR count). The predicted octanol–water partition coefficient (Wildman–Crippen LogP) is 4.39. The molecule has 0 fully saturated rings. The highest BCUT2D eigenvalue weighted by Gasteiger charge is 2.14. The average Bonchev–Trinajstić information content (AvgIpc) is 3.36. The maximum absolute atomic E-state index is 12.4. The lowest BCUT2D eigenvalue weighted by molar-refractivity contribution is -0.116. The van der Waals surface area contributed by atoms with Gasteiger partial charge in [-0.25, -0.2) is 4.98 Å². The molecule has 1 aromatic carbocycles. The Bertz CT molecular complexity index is 1150. The predicted molar refractivity (Wildman–Crippen MR) is 110 cm³/mol. The van der Waals surface area contributed by atoms with Crippen LogP contribution in [0.3, 0.4) is 0 Å². The number of thiophene rings is 1. The molecule has 0 spiro atoms.